The minimum atomic E-state index is -0.512. The number of ether oxygens (including phenoxy) is 2. The van der Waals surface area contributed by atoms with Crippen molar-refractivity contribution in [2.45, 2.75) is 51.7 Å². The maximum atomic E-state index is 10.1. The zero-order chi connectivity index (χ0) is 15.9. The van der Waals surface area contributed by atoms with Crippen LogP contribution >= 0.6 is 0 Å². The van der Waals surface area contributed by atoms with Crippen molar-refractivity contribution in [3.05, 3.63) is 29.3 Å². The van der Waals surface area contributed by atoms with Crippen LogP contribution in [0.1, 0.15) is 43.7 Å². The smallest absolute Gasteiger partial charge is 0.123 e. The summed E-state index contributed by atoms with van der Waals surface area (Å²) < 4.78 is 11.4. The summed E-state index contributed by atoms with van der Waals surface area (Å²) in [6.45, 7) is 8.86. The van der Waals surface area contributed by atoms with E-state index in [2.05, 4.69) is 38.2 Å². The number of hydrogen-bond donors (Lipinski definition) is 2. The molecule has 4 nitrogen and oxygen atoms in total. The van der Waals surface area contributed by atoms with E-state index in [0.29, 0.717) is 25.2 Å². The normalized spacial score (nSPS) is 19.6. The van der Waals surface area contributed by atoms with Gasteiger partial charge in [0.1, 0.15) is 18.5 Å². The molecule has 0 unspecified atom stereocenters. The summed E-state index contributed by atoms with van der Waals surface area (Å²) in [6, 6.07) is 6.25. The topological polar surface area (TPSA) is 50.7 Å². The average molecular weight is 307 g/mol. The molecular weight excluding hydrogens is 278 g/mol. The quantitative estimate of drug-likeness (QED) is 0.775. The van der Waals surface area contributed by atoms with E-state index in [-0.39, 0.29) is 0 Å². The molecule has 0 aromatic heterocycles. The largest absolute Gasteiger partial charge is 0.491 e. The van der Waals surface area contributed by atoms with Crippen LogP contribution in [0.3, 0.4) is 0 Å². The van der Waals surface area contributed by atoms with Gasteiger partial charge in [0, 0.05) is 19.7 Å². The summed E-state index contributed by atoms with van der Waals surface area (Å²) in [4.78, 5) is 0. The van der Waals surface area contributed by atoms with Crippen molar-refractivity contribution in [1.29, 1.82) is 0 Å². The van der Waals surface area contributed by atoms with Crippen molar-refractivity contribution in [1.82, 2.24) is 5.32 Å². The number of benzene rings is 1. The van der Waals surface area contributed by atoms with Crippen LogP contribution in [0.25, 0.3) is 0 Å². The summed E-state index contributed by atoms with van der Waals surface area (Å²) >= 11 is 0. The molecule has 1 fully saturated rings. The standard InChI is InChI=1S/C18H29NO3/c1-13(2)17-7-6-14(3)9-18(17)22-12-15(20)10-19-11-16-5-4-8-21-16/h6-7,9,13,15-16,19-20H,4-5,8,10-12H2,1-3H3/t15-,16+/m0/s1. The first-order chi connectivity index (χ1) is 10.6. The zero-order valence-electron chi connectivity index (χ0n) is 14.0. The Hall–Kier alpha value is -1.10. The van der Waals surface area contributed by atoms with Gasteiger partial charge >= 0.3 is 0 Å². The molecule has 0 bridgehead atoms. The lowest BCUT2D eigenvalue weighted by atomic mass is 10.0. The molecule has 22 heavy (non-hydrogen) atoms. The highest BCUT2D eigenvalue weighted by molar-refractivity contribution is 5.39. The van der Waals surface area contributed by atoms with Gasteiger partial charge in [-0.25, -0.2) is 0 Å². The van der Waals surface area contributed by atoms with E-state index in [1.165, 1.54) is 11.1 Å². The Morgan fingerprint density at radius 1 is 1.41 bits per heavy atom. The van der Waals surface area contributed by atoms with E-state index in [0.717, 1.165) is 31.7 Å². The molecule has 2 N–H and O–H groups in total. The highest BCUT2D eigenvalue weighted by atomic mass is 16.5. The Morgan fingerprint density at radius 2 is 2.23 bits per heavy atom. The Bertz CT molecular complexity index is 456. The third-order valence-electron chi connectivity index (χ3n) is 4.00. The molecule has 1 aliphatic rings. The first kappa shape index (κ1) is 17.3. The number of aryl methyl sites for hydroxylation is 1. The van der Waals surface area contributed by atoms with Crippen molar-refractivity contribution in [3.8, 4) is 5.75 Å². The van der Waals surface area contributed by atoms with Crippen LogP contribution in [-0.2, 0) is 4.74 Å². The van der Waals surface area contributed by atoms with Crippen molar-refractivity contribution in [2.24, 2.45) is 0 Å². The van der Waals surface area contributed by atoms with Crippen molar-refractivity contribution < 1.29 is 14.6 Å². The second kappa shape index (κ2) is 8.51. The van der Waals surface area contributed by atoms with Crippen LogP contribution in [0, 0.1) is 6.92 Å². The maximum absolute atomic E-state index is 10.1. The van der Waals surface area contributed by atoms with E-state index < -0.39 is 6.10 Å². The number of nitrogens with one attached hydrogen (secondary N) is 1. The van der Waals surface area contributed by atoms with Crippen LogP contribution in [0.4, 0.5) is 0 Å². The summed E-state index contributed by atoms with van der Waals surface area (Å²) in [5, 5.41) is 13.3. The SMILES string of the molecule is Cc1ccc(C(C)C)c(OC[C@@H](O)CNC[C@H]2CCCO2)c1. The lowest BCUT2D eigenvalue weighted by molar-refractivity contribution is 0.0878. The van der Waals surface area contributed by atoms with Gasteiger partial charge in [0.15, 0.2) is 0 Å². The van der Waals surface area contributed by atoms with E-state index in [1.807, 2.05) is 6.07 Å². The number of aliphatic hydroxyl groups is 1. The lowest BCUT2D eigenvalue weighted by Gasteiger charge is -2.18. The highest BCUT2D eigenvalue weighted by Gasteiger charge is 2.16. The molecule has 1 aliphatic heterocycles. The van der Waals surface area contributed by atoms with E-state index in [9.17, 15) is 5.11 Å². The van der Waals surface area contributed by atoms with Gasteiger partial charge in [-0.1, -0.05) is 26.0 Å². The predicted octanol–water partition coefficient (Wildman–Crippen LogP) is 2.63. The van der Waals surface area contributed by atoms with Gasteiger partial charge in [0.25, 0.3) is 0 Å². The fraction of sp³-hybridized carbons (Fsp3) is 0.667. The summed E-state index contributed by atoms with van der Waals surface area (Å²) in [6.07, 6.45) is 2.05. The molecule has 1 aromatic carbocycles. The molecule has 0 saturated carbocycles. The molecule has 0 aliphatic carbocycles. The molecule has 2 atom stereocenters. The minimum Gasteiger partial charge on any atom is -0.491 e. The van der Waals surface area contributed by atoms with Gasteiger partial charge in [-0.3, -0.25) is 0 Å². The Balaban J connectivity index is 1.75. The number of aliphatic hydroxyl groups excluding tert-OH is 1. The molecule has 1 heterocycles. The van der Waals surface area contributed by atoms with Crippen molar-refractivity contribution >= 4 is 0 Å². The van der Waals surface area contributed by atoms with Gasteiger partial charge in [-0.2, -0.15) is 0 Å². The zero-order valence-corrected chi connectivity index (χ0v) is 14.0. The lowest BCUT2D eigenvalue weighted by Crippen LogP contribution is -2.35. The average Bonchev–Trinajstić information content (AvgIpc) is 2.98. The first-order valence-corrected chi connectivity index (χ1v) is 8.30. The fourth-order valence-corrected chi connectivity index (χ4v) is 2.70. The van der Waals surface area contributed by atoms with Crippen LogP contribution in [0.5, 0.6) is 5.75 Å². The molecular formula is C18H29NO3. The van der Waals surface area contributed by atoms with Gasteiger partial charge in [-0.15, -0.1) is 0 Å². The van der Waals surface area contributed by atoms with Gasteiger partial charge in [-0.05, 0) is 42.9 Å². The van der Waals surface area contributed by atoms with Crippen LogP contribution in [0.2, 0.25) is 0 Å². The molecule has 0 spiro atoms. The molecule has 124 valence electrons. The fourth-order valence-electron chi connectivity index (χ4n) is 2.70. The van der Waals surface area contributed by atoms with Gasteiger partial charge < -0.3 is 19.9 Å². The maximum Gasteiger partial charge on any atom is 0.123 e. The Kier molecular flexibility index (Phi) is 6.68. The Labute approximate surface area is 133 Å². The molecule has 1 saturated heterocycles. The van der Waals surface area contributed by atoms with Crippen LogP contribution in [-0.4, -0.2) is 43.6 Å². The monoisotopic (exact) mass is 307 g/mol. The second-order valence-corrected chi connectivity index (χ2v) is 6.45. The number of hydrogen-bond acceptors (Lipinski definition) is 4. The van der Waals surface area contributed by atoms with Gasteiger partial charge in [0.2, 0.25) is 0 Å². The third kappa shape index (κ3) is 5.27. The number of rotatable bonds is 8. The molecule has 1 aromatic rings. The van der Waals surface area contributed by atoms with Crippen molar-refractivity contribution in [3.63, 3.8) is 0 Å². The Morgan fingerprint density at radius 3 is 2.91 bits per heavy atom. The molecule has 0 radical (unpaired) electrons. The molecule has 4 heteroatoms. The van der Waals surface area contributed by atoms with E-state index >= 15 is 0 Å². The van der Waals surface area contributed by atoms with Crippen molar-refractivity contribution in [2.75, 3.05) is 26.3 Å². The first-order valence-electron chi connectivity index (χ1n) is 8.30. The van der Waals surface area contributed by atoms with Crippen LogP contribution < -0.4 is 10.1 Å². The minimum absolute atomic E-state index is 0.303. The predicted molar refractivity (Wildman–Crippen MR) is 88.6 cm³/mol. The summed E-state index contributed by atoms with van der Waals surface area (Å²) in [7, 11) is 0. The second-order valence-electron chi connectivity index (χ2n) is 6.45. The highest BCUT2D eigenvalue weighted by Crippen LogP contribution is 2.27. The third-order valence-corrected chi connectivity index (χ3v) is 4.00. The van der Waals surface area contributed by atoms with Crippen LogP contribution in [0.15, 0.2) is 18.2 Å². The summed E-state index contributed by atoms with van der Waals surface area (Å²) in [5.74, 6) is 1.29. The van der Waals surface area contributed by atoms with E-state index in [4.69, 9.17) is 9.47 Å². The summed E-state index contributed by atoms with van der Waals surface area (Å²) in [5.41, 5.74) is 2.36. The molecule has 0 amide bonds. The van der Waals surface area contributed by atoms with Gasteiger partial charge in [0.05, 0.1) is 6.10 Å². The van der Waals surface area contributed by atoms with E-state index in [1.54, 1.807) is 0 Å². The molecule has 2 rings (SSSR count).